The highest BCUT2D eigenvalue weighted by Gasteiger charge is 1.97. The molecule has 0 fully saturated rings. The zero-order valence-electron chi connectivity index (χ0n) is 4.33. The van der Waals surface area contributed by atoms with Gasteiger partial charge in [-0.05, 0) is 0 Å². The summed E-state index contributed by atoms with van der Waals surface area (Å²) in [4.78, 5) is 14.3. The van der Waals surface area contributed by atoms with Crippen LogP contribution in [0.15, 0.2) is 11.1 Å². The van der Waals surface area contributed by atoms with Crippen LogP contribution in [0.25, 0.3) is 5.78 Å². The SMILES string of the molecule is O=c1[nH]nc2nc[nH]n12. The lowest BCUT2D eigenvalue weighted by Crippen LogP contribution is -2.09. The van der Waals surface area contributed by atoms with Crippen LogP contribution in [0.2, 0.25) is 0 Å². The lowest BCUT2D eigenvalue weighted by Gasteiger charge is -1.69. The van der Waals surface area contributed by atoms with E-state index in [1.54, 1.807) is 0 Å². The molecule has 0 bridgehead atoms. The van der Waals surface area contributed by atoms with E-state index in [0.29, 0.717) is 5.78 Å². The average molecular weight is 125 g/mol. The highest BCUT2D eigenvalue weighted by Crippen LogP contribution is 1.80. The second kappa shape index (κ2) is 1.22. The van der Waals surface area contributed by atoms with Crippen LogP contribution < -0.4 is 5.69 Å². The van der Waals surface area contributed by atoms with Gasteiger partial charge in [-0.3, -0.25) is 5.10 Å². The van der Waals surface area contributed by atoms with Gasteiger partial charge in [-0.1, -0.05) is 0 Å². The molecule has 0 unspecified atom stereocenters. The highest BCUT2D eigenvalue weighted by atomic mass is 16.2. The second-order valence-corrected chi connectivity index (χ2v) is 1.55. The van der Waals surface area contributed by atoms with Gasteiger partial charge in [0.2, 0.25) is 0 Å². The zero-order valence-corrected chi connectivity index (χ0v) is 4.33. The van der Waals surface area contributed by atoms with Gasteiger partial charge in [0.1, 0.15) is 6.33 Å². The number of nitrogens with zero attached hydrogens (tertiary/aromatic N) is 3. The van der Waals surface area contributed by atoms with Crippen molar-refractivity contribution in [1.82, 2.24) is 24.8 Å². The molecule has 2 aromatic rings. The van der Waals surface area contributed by atoms with E-state index >= 15 is 0 Å². The van der Waals surface area contributed by atoms with Gasteiger partial charge in [-0.2, -0.15) is 9.50 Å². The van der Waals surface area contributed by atoms with E-state index in [4.69, 9.17) is 0 Å². The molecule has 9 heavy (non-hydrogen) atoms. The van der Waals surface area contributed by atoms with Crippen LogP contribution in [0, 0.1) is 0 Å². The first-order chi connectivity index (χ1) is 4.38. The van der Waals surface area contributed by atoms with Crippen LogP contribution >= 0.6 is 0 Å². The number of aromatic amines is 2. The maximum Gasteiger partial charge on any atom is 0.364 e. The number of hydrogen-bond donors (Lipinski definition) is 2. The minimum atomic E-state index is -0.303. The smallest absolute Gasteiger partial charge is 0.276 e. The highest BCUT2D eigenvalue weighted by molar-refractivity contribution is 5.19. The standard InChI is InChI=1S/C3H3N5O/c9-3-7-6-2-4-1-5-8(2)3/h1H,(H,7,9)(H,4,5,6). The van der Waals surface area contributed by atoms with Crippen molar-refractivity contribution in [3.8, 4) is 0 Å². The molecule has 0 atom stereocenters. The summed E-state index contributed by atoms with van der Waals surface area (Å²) in [6, 6.07) is 0. The minimum Gasteiger partial charge on any atom is -0.276 e. The molecule has 6 nitrogen and oxygen atoms in total. The van der Waals surface area contributed by atoms with Crippen molar-refractivity contribution in [1.29, 1.82) is 0 Å². The van der Waals surface area contributed by atoms with E-state index in [-0.39, 0.29) is 5.69 Å². The summed E-state index contributed by atoms with van der Waals surface area (Å²) in [5.41, 5.74) is -0.303. The molecule has 0 saturated heterocycles. The number of rotatable bonds is 0. The van der Waals surface area contributed by atoms with Crippen molar-refractivity contribution in [3.05, 3.63) is 16.8 Å². The number of nitrogens with one attached hydrogen (secondary N) is 2. The van der Waals surface area contributed by atoms with Crippen molar-refractivity contribution in [3.63, 3.8) is 0 Å². The Morgan fingerprint density at radius 1 is 1.67 bits per heavy atom. The molecule has 0 aromatic carbocycles. The topological polar surface area (TPSA) is 78.8 Å². The molecule has 2 rings (SSSR count). The van der Waals surface area contributed by atoms with Crippen LogP contribution in [0.5, 0.6) is 0 Å². The summed E-state index contributed by atoms with van der Waals surface area (Å²) in [7, 11) is 0. The summed E-state index contributed by atoms with van der Waals surface area (Å²) >= 11 is 0. The van der Waals surface area contributed by atoms with E-state index in [1.165, 1.54) is 10.8 Å². The third-order valence-corrected chi connectivity index (χ3v) is 1.02. The largest absolute Gasteiger partial charge is 0.364 e. The first-order valence-corrected chi connectivity index (χ1v) is 2.34. The molecule has 0 spiro atoms. The maximum atomic E-state index is 10.6. The third kappa shape index (κ3) is 0.411. The summed E-state index contributed by atoms with van der Waals surface area (Å²) in [5.74, 6) is 0.361. The molecule has 2 aromatic heterocycles. The van der Waals surface area contributed by atoms with Crippen molar-refractivity contribution in [2.75, 3.05) is 0 Å². The van der Waals surface area contributed by atoms with Gasteiger partial charge >= 0.3 is 5.69 Å². The van der Waals surface area contributed by atoms with E-state index in [2.05, 4.69) is 20.3 Å². The average Bonchev–Trinajstić information content (AvgIpc) is 2.35. The van der Waals surface area contributed by atoms with Crippen LogP contribution in [0.1, 0.15) is 0 Å². The molecule has 0 aliphatic carbocycles. The predicted molar refractivity (Wildman–Crippen MR) is 28.0 cm³/mol. The maximum absolute atomic E-state index is 10.6. The van der Waals surface area contributed by atoms with E-state index in [0.717, 1.165) is 0 Å². The Kier molecular flexibility index (Phi) is 0.583. The summed E-state index contributed by atoms with van der Waals surface area (Å²) < 4.78 is 1.21. The summed E-state index contributed by atoms with van der Waals surface area (Å²) in [6.07, 6.45) is 1.40. The predicted octanol–water partition coefficient (Wildman–Crippen LogP) is -1.25. The van der Waals surface area contributed by atoms with Crippen LogP contribution in [0.3, 0.4) is 0 Å². The van der Waals surface area contributed by atoms with Crippen LogP contribution in [-0.2, 0) is 0 Å². The molecule has 46 valence electrons. The van der Waals surface area contributed by atoms with Crippen molar-refractivity contribution in [2.45, 2.75) is 0 Å². The Morgan fingerprint density at radius 3 is 3.33 bits per heavy atom. The first kappa shape index (κ1) is 4.30. The molecule has 0 aliphatic heterocycles. The minimum absolute atomic E-state index is 0.303. The molecular formula is C3H3N5O. The third-order valence-electron chi connectivity index (χ3n) is 1.02. The van der Waals surface area contributed by atoms with Crippen molar-refractivity contribution in [2.24, 2.45) is 0 Å². The van der Waals surface area contributed by atoms with Gasteiger partial charge in [0, 0.05) is 0 Å². The fraction of sp³-hybridized carbons (Fsp3) is 0. The van der Waals surface area contributed by atoms with Crippen LogP contribution in [-0.4, -0.2) is 24.8 Å². The monoisotopic (exact) mass is 125 g/mol. The molecule has 0 radical (unpaired) electrons. The first-order valence-electron chi connectivity index (χ1n) is 2.34. The molecule has 0 aliphatic rings. The molecule has 0 amide bonds. The van der Waals surface area contributed by atoms with Gasteiger partial charge in [-0.15, -0.1) is 5.10 Å². The quantitative estimate of drug-likeness (QED) is 0.461. The van der Waals surface area contributed by atoms with Gasteiger partial charge in [0.25, 0.3) is 5.78 Å². The number of H-pyrrole nitrogens is 2. The number of fused-ring (bicyclic) bond motifs is 1. The van der Waals surface area contributed by atoms with E-state index < -0.39 is 0 Å². The number of aromatic nitrogens is 5. The van der Waals surface area contributed by atoms with Crippen molar-refractivity contribution >= 4 is 5.78 Å². The van der Waals surface area contributed by atoms with Gasteiger partial charge in [0.15, 0.2) is 0 Å². The van der Waals surface area contributed by atoms with Crippen LogP contribution in [0.4, 0.5) is 0 Å². The molecule has 2 heterocycles. The Labute approximate surface area is 48.5 Å². The fourth-order valence-electron chi connectivity index (χ4n) is 0.636. The van der Waals surface area contributed by atoms with Crippen molar-refractivity contribution < 1.29 is 0 Å². The van der Waals surface area contributed by atoms with Gasteiger partial charge in [-0.25, -0.2) is 9.89 Å². The zero-order chi connectivity index (χ0) is 6.27. The normalized spacial score (nSPS) is 10.7. The fourth-order valence-corrected chi connectivity index (χ4v) is 0.636. The van der Waals surface area contributed by atoms with Gasteiger partial charge in [0.05, 0.1) is 0 Å². The molecular weight excluding hydrogens is 122 g/mol. The Balaban J connectivity index is 3.17. The molecule has 0 saturated carbocycles. The Bertz CT molecular complexity index is 366. The summed E-state index contributed by atoms with van der Waals surface area (Å²) in [6.45, 7) is 0. The molecule has 2 N–H and O–H groups in total. The lowest BCUT2D eigenvalue weighted by atomic mass is 11.1. The summed E-state index contributed by atoms with van der Waals surface area (Å²) in [5, 5.41) is 8.35. The second-order valence-electron chi connectivity index (χ2n) is 1.55. The molecule has 6 heteroatoms. The van der Waals surface area contributed by atoms with E-state index in [9.17, 15) is 4.79 Å². The Hall–Kier alpha value is -1.59. The number of hydrogen-bond acceptors (Lipinski definition) is 3. The lowest BCUT2D eigenvalue weighted by molar-refractivity contribution is 0.898. The van der Waals surface area contributed by atoms with E-state index in [1.807, 2.05) is 0 Å². The Morgan fingerprint density at radius 2 is 2.56 bits per heavy atom. The van der Waals surface area contributed by atoms with Gasteiger partial charge < -0.3 is 0 Å².